The Hall–Kier alpha value is -1.46. The highest BCUT2D eigenvalue weighted by Gasteiger charge is 2.15. The summed E-state index contributed by atoms with van der Waals surface area (Å²) in [5.41, 5.74) is 1.26. The molecule has 0 saturated carbocycles. The number of aryl methyl sites for hydroxylation is 1. The first kappa shape index (κ1) is 25.6. The third kappa shape index (κ3) is 10.8. The summed E-state index contributed by atoms with van der Waals surface area (Å²) in [7, 11) is 1.77. The molecule has 1 aliphatic heterocycles. The lowest BCUT2D eigenvalue weighted by Gasteiger charge is -2.12. The predicted octanol–water partition coefficient (Wildman–Crippen LogP) is 3.14. The van der Waals surface area contributed by atoms with Gasteiger partial charge in [-0.25, -0.2) is 0 Å². The fourth-order valence-electron chi connectivity index (χ4n) is 3.01. The van der Waals surface area contributed by atoms with Gasteiger partial charge in [0.15, 0.2) is 5.96 Å². The molecule has 164 valence electrons. The van der Waals surface area contributed by atoms with Gasteiger partial charge in [0.1, 0.15) is 0 Å². The van der Waals surface area contributed by atoms with Gasteiger partial charge in [-0.2, -0.15) is 0 Å². The van der Waals surface area contributed by atoms with Crippen molar-refractivity contribution in [2.75, 3.05) is 46.6 Å². The van der Waals surface area contributed by atoms with Crippen LogP contribution in [0.25, 0.3) is 0 Å². The largest absolute Gasteiger partial charge is 0.381 e. The molecule has 8 nitrogen and oxygen atoms in total. The zero-order valence-electron chi connectivity index (χ0n) is 17.1. The van der Waals surface area contributed by atoms with Crippen LogP contribution in [0.1, 0.15) is 31.2 Å². The Balaban J connectivity index is 0.00000420. The number of nitro groups is 1. The first-order valence-electron chi connectivity index (χ1n) is 10.0. The summed E-state index contributed by atoms with van der Waals surface area (Å²) in [5.74, 6) is 1.37. The van der Waals surface area contributed by atoms with Crippen LogP contribution in [-0.4, -0.2) is 57.4 Å². The summed E-state index contributed by atoms with van der Waals surface area (Å²) in [6, 6.07) is 6.77. The van der Waals surface area contributed by atoms with Crippen LogP contribution < -0.4 is 10.6 Å². The van der Waals surface area contributed by atoms with E-state index in [2.05, 4.69) is 15.6 Å². The van der Waals surface area contributed by atoms with E-state index in [1.807, 2.05) is 12.1 Å². The number of hydrogen-bond acceptors (Lipinski definition) is 5. The molecule has 0 bridgehead atoms. The van der Waals surface area contributed by atoms with Gasteiger partial charge in [0.05, 0.1) is 18.1 Å². The Morgan fingerprint density at radius 2 is 1.97 bits per heavy atom. The van der Waals surface area contributed by atoms with E-state index in [0.717, 1.165) is 83.1 Å². The summed E-state index contributed by atoms with van der Waals surface area (Å²) < 4.78 is 11.0. The Bertz CT molecular complexity index is 607. The standard InChI is InChI=1S/C20H32N4O4.HI/c1-21-20(23-12-4-13-27-15-18-10-14-28-16-18)22-11-3-2-5-17-6-8-19(9-7-17)24(25)26;/h6-9,18H,2-5,10-16H2,1H3,(H2,21,22,23);1H. The maximum atomic E-state index is 10.7. The number of rotatable bonds is 12. The van der Waals surface area contributed by atoms with Crippen LogP contribution in [0.3, 0.4) is 0 Å². The van der Waals surface area contributed by atoms with Crippen molar-refractivity contribution < 1.29 is 14.4 Å². The van der Waals surface area contributed by atoms with Crippen molar-refractivity contribution in [2.45, 2.75) is 32.1 Å². The van der Waals surface area contributed by atoms with Crippen LogP contribution >= 0.6 is 24.0 Å². The number of aliphatic imine (C=N–C) groups is 1. The van der Waals surface area contributed by atoms with E-state index in [4.69, 9.17) is 9.47 Å². The van der Waals surface area contributed by atoms with Crippen molar-refractivity contribution in [3.8, 4) is 0 Å². The van der Waals surface area contributed by atoms with E-state index >= 15 is 0 Å². The molecule has 1 aliphatic rings. The molecule has 0 aromatic heterocycles. The third-order valence-corrected chi connectivity index (χ3v) is 4.69. The SMILES string of the molecule is CN=C(NCCCCc1ccc([N+](=O)[O-])cc1)NCCCOCC1CCOC1.I. The second kappa shape index (κ2) is 15.4. The zero-order chi connectivity index (χ0) is 20.0. The predicted molar refractivity (Wildman–Crippen MR) is 125 cm³/mol. The van der Waals surface area contributed by atoms with Crippen LogP contribution in [-0.2, 0) is 15.9 Å². The maximum absolute atomic E-state index is 10.7. The lowest BCUT2D eigenvalue weighted by molar-refractivity contribution is -0.384. The Morgan fingerprint density at radius 3 is 2.59 bits per heavy atom. The molecule has 0 radical (unpaired) electrons. The average Bonchev–Trinajstić information content (AvgIpc) is 3.22. The van der Waals surface area contributed by atoms with Gasteiger partial charge in [0, 0.05) is 51.4 Å². The van der Waals surface area contributed by atoms with Crippen LogP contribution in [0.4, 0.5) is 5.69 Å². The molecular weight excluding hydrogens is 487 g/mol. The first-order valence-corrected chi connectivity index (χ1v) is 10.0. The minimum absolute atomic E-state index is 0. The molecule has 9 heteroatoms. The summed E-state index contributed by atoms with van der Waals surface area (Å²) >= 11 is 0. The number of benzene rings is 1. The molecule has 29 heavy (non-hydrogen) atoms. The lowest BCUT2D eigenvalue weighted by atomic mass is 10.1. The summed E-state index contributed by atoms with van der Waals surface area (Å²) in [5, 5.41) is 17.3. The minimum atomic E-state index is -0.372. The number of nitrogens with zero attached hydrogens (tertiary/aromatic N) is 2. The number of guanidine groups is 1. The van der Waals surface area contributed by atoms with Crippen molar-refractivity contribution in [1.82, 2.24) is 10.6 Å². The molecule has 1 saturated heterocycles. The number of unbranched alkanes of at least 4 members (excludes halogenated alkanes) is 1. The smallest absolute Gasteiger partial charge is 0.269 e. The Labute approximate surface area is 190 Å². The Morgan fingerprint density at radius 1 is 1.24 bits per heavy atom. The van der Waals surface area contributed by atoms with E-state index in [-0.39, 0.29) is 34.6 Å². The molecule has 1 atom stereocenters. The van der Waals surface area contributed by atoms with E-state index in [0.29, 0.717) is 5.92 Å². The summed E-state index contributed by atoms with van der Waals surface area (Å²) in [4.78, 5) is 14.5. The molecular formula is C20H33IN4O4. The highest BCUT2D eigenvalue weighted by Crippen LogP contribution is 2.13. The van der Waals surface area contributed by atoms with Crippen molar-refractivity contribution in [3.63, 3.8) is 0 Å². The van der Waals surface area contributed by atoms with Crippen molar-refractivity contribution >= 4 is 35.6 Å². The normalized spacial score (nSPS) is 16.3. The van der Waals surface area contributed by atoms with Crippen molar-refractivity contribution in [3.05, 3.63) is 39.9 Å². The van der Waals surface area contributed by atoms with E-state index in [1.54, 1.807) is 19.2 Å². The van der Waals surface area contributed by atoms with Crippen LogP contribution in [0.2, 0.25) is 0 Å². The van der Waals surface area contributed by atoms with Crippen molar-refractivity contribution in [2.24, 2.45) is 10.9 Å². The maximum Gasteiger partial charge on any atom is 0.269 e. The number of non-ortho nitro benzene ring substituents is 1. The van der Waals surface area contributed by atoms with Crippen molar-refractivity contribution in [1.29, 1.82) is 0 Å². The van der Waals surface area contributed by atoms with Gasteiger partial charge < -0.3 is 20.1 Å². The number of ether oxygens (including phenoxy) is 2. The van der Waals surface area contributed by atoms with Gasteiger partial charge in [-0.05, 0) is 37.7 Å². The zero-order valence-corrected chi connectivity index (χ0v) is 19.4. The monoisotopic (exact) mass is 520 g/mol. The average molecular weight is 520 g/mol. The topological polar surface area (TPSA) is 98.0 Å². The fraction of sp³-hybridized carbons (Fsp3) is 0.650. The molecule has 2 N–H and O–H groups in total. The molecule has 1 fully saturated rings. The van der Waals surface area contributed by atoms with Crippen LogP contribution in [0.5, 0.6) is 0 Å². The van der Waals surface area contributed by atoms with Gasteiger partial charge in [-0.1, -0.05) is 12.1 Å². The number of hydrogen-bond donors (Lipinski definition) is 2. The summed E-state index contributed by atoms with van der Waals surface area (Å²) in [6.07, 6.45) is 4.98. The lowest BCUT2D eigenvalue weighted by Crippen LogP contribution is -2.38. The quantitative estimate of drug-likeness (QED) is 0.110. The molecule has 0 amide bonds. The second-order valence-electron chi connectivity index (χ2n) is 6.96. The fourth-order valence-corrected chi connectivity index (χ4v) is 3.01. The molecule has 1 heterocycles. The minimum Gasteiger partial charge on any atom is -0.381 e. The van der Waals surface area contributed by atoms with Gasteiger partial charge in [0.25, 0.3) is 5.69 Å². The molecule has 2 rings (SSSR count). The van der Waals surface area contributed by atoms with Gasteiger partial charge in [-0.15, -0.1) is 24.0 Å². The molecule has 0 spiro atoms. The van der Waals surface area contributed by atoms with Gasteiger partial charge in [-0.3, -0.25) is 15.1 Å². The highest BCUT2D eigenvalue weighted by atomic mass is 127. The van der Waals surface area contributed by atoms with E-state index < -0.39 is 0 Å². The number of halogens is 1. The molecule has 1 aromatic rings. The van der Waals surface area contributed by atoms with Gasteiger partial charge in [0.2, 0.25) is 0 Å². The molecule has 0 aliphatic carbocycles. The number of nitrogens with one attached hydrogen (secondary N) is 2. The molecule has 1 unspecified atom stereocenters. The van der Waals surface area contributed by atoms with Crippen LogP contribution in [0.15, 0.2) is 29.3 Å². The second-order valence-corrected chi connectivity index (χ2v) is 6.96. The Kier molecular flexibility index (Phi) is 13.6. The van der Waals surface area contributed by atoms with Crippen LogP contribution in [0, 0.1) is 16.0 Å². The highest BCUT2D eigenvalue weighted by molar-refractivity contribution is 14.0. The van der Waals surface area contributed by atoms with Gasteiger partial charge >= 0.3 is 0 Å². The third-order valence-electron chi connectivity index (χ3n) is 4.69. The van der Waals surface area contributed by atoms with E-state index in [9.17, 15) is 10.1 Å². The molecule has 1 aromatic carbocycles. The summed E-state index contributed by atoms with van der Waals surface area (Å²) in [6.45, 7) is 4.90. The number of nitro benzene ring substituents is 1. The first-order chi connectivity index (χ1) is 13.7. The van der Waals surface area contributed by atoms with E-state index in [1.165, 1.54) is 0 Å².